The molecule has 3 aromatic carbocycles. The first-order valence-electron chi connectivity index (χ1n) is 9.32. The highest BCUT2D eigenvalue weighted by molar-refractivity contribution is 8.00. The van der Waals surface area contributed by atoms with Gasteiger partial charge in [-0.3, -0.25) is 9.59 Å². The van der Waals surface area contributed by atoms with Crippen LogP contribution in [0.1, 0.15) is 26.9 Å². The number of benzene rings is 3. The second-order valence-corrected chi connectivity index (χ2v) is 8.40. The van der Waals surface area contributed by atoms with E-state index in [4.69, 9.17) is 11.6 Å². The van der Waals surface area contributed by atoms with Gasteiger partial charge in [-0.15, -0.1) is 11.8 Å². The Morgan fingerprint density at radius 3 is 2.53 bits per heavy atom. The molecule has 1 fully saturated rings. The van der Waals surface area contributed by atoms with Gasteiger partial charge in [0.25, 0.3) is 5.91 Å². The lowest BCUT2D eigenvalue weighted by molar-refractivity contribution is -0.128. The minimum atomic E-state index is -0.410. The molecule has 3 aromatic rings. The lowest BCUT2D eigenvalue weighted by Gasteiger charge is -2.24. The first-order chi connectivity index (χ1) is 14.5. The maximum absolute atomic E-state index is 13.3. The van der Waals surface area contributed by atoms with Crippen molar-refractivity contribution in [2.45, 2.75) is 11.9 Å². The quantitative estimate of drug-likeness (QED) is 0.569. The van der Waals surface area contributed by atoms with E-state index in [2.05, 4.69) is 5.32 Å². The fraction of sp³-hybridized carbons (Fsp3) is 0.130. The van der Waals surface area contributed by atoms with Crippen LogP contribution in [0.5, 0.6) is 0 Å². The normalized spacial score (nSPS) is 16.0. The predicted molar refractivity (Wildman–Crippen MR) is 118 cm³/mol. The van der Waals surface area contributed by atoms with Gasteiger partial charge in [0.2, 0.25) is 5.91 Å². The third kappa shape index (κ3) is 4.66. The van der Waals surface area contributed by atoms with Crippen molar-refractivity contribution in [2.75, 3.05) is 11.1 Å². The van der Waals surface area contributed by atoms with E-state index in [-0.39, 0.29) is 17.2 Å². The molecule has 1 aliphatic heterocycles. The summed E-state index contributed by atoms with van der Waals surface area (Å²) in [4.78, 5) is 26.7. The molecule has 0 unspecified atom stereocenters. The number of hydrogen-bond donors (Lipinski definition) is 1. The van der Waals surface area contributed by atoms with E-state index >= 15 is 0 Å². The third-order valence-electron chi connectivity index (χ3n) is 4.77. The van der Waals surface area contributed by atoms with Gasteiger partial charge in [0.15, 0.2) is 0 Å². The zero-order valence-corrected chi connectivity index (χ0v) is 17.4. The Kier molecular flexibility index (Phi) is 6.06. The fourth-order valence-corrected chi connectivity index (χ4v) is 4.57. The SMILES string of the molecule is O=C(Nc1cccc(F)c1)c1ccc([C@@H]2SCC(=O)N2Cc2ccc(Cl)cc2)cc1. The summed E-state index contributed by atoms with van der Waals surface area (Å²) < 4.78 is 13.3. The summed E-state index contributed by atoms with van der Waals surface area (Å²) in [5.41, 5.74) is 2.81. The molecular weight excluding hydrogens is 423 g/mol. The molecule has 1 saturated heterocycles. The maximum atomic E-state index is 13.3. The van der Waals surface area contributed by atoms with Gasteiger partial charge in [-0.1, -0.05) is 41.9 Å². The van der Waals surface area contributed by atoms with Crippen molar-refractivity contribution >= 4 is 40.9 Å². The van der Waals surface area contributed by atoms with Crippen molar-refractivity contribution in [3.8, 4) is 0 Å². The number of anilines is 1. The van der Waals surface area contributed by atoms with Crippen molar-refractivity contribution in [2.24, 2.45) is 0 Å². The van der Waals surface area contributed by atoms with Crippen molar-refractivity contribution in [3.05, 3.63) is 100 Å². The molecule has 30 heavy (non-hydrogen) atoms. The van der Waals surface area contributed by atoms with Crippen LogP contribution in [0.3, 0.4) is 0 Å². The third-order valence-corrected chi connectivity index (χ3v) is 6.28. The molecule has 2 amide bonds. The van der Waals surface area contributed by atoms with Gasteiger partial charge in [-0.25, -0.2) is 4.39 Å². The largest absolute Gasteiger partial charge is 0.322 e. The average molecular weight is 441 g/mol. The minimum absolute atomic E-state index is 0.0767. The summed E-state index contributed by atoms with van der Waals surface area (Å²) in [6.45, 7) is 0.496. The summed E-state index contributed by atoms with van der Waals surface area (Å²) in [5.74, 6) is -0.236. The monoisotopic (exact) mass is 440 g/mol. The zero-order valence-electron chi connectivity index (χ0n) is 15.8. The summed E-state index contributed by atoms with van der Waals surface area (Å²) in [7, 11) is 0. The van der Waals surface area contributed by atoms with Crippen LogP contribution in [-0.2, 0) is 11.3 Å². The van der Waals surface area contributed by atoms with Crippen LogP contribution in [0.15, 0.2) is 72.8 Å². The van der Waals surface area contributed by atoms with E-state index in [1.807, 2.05) is 41.3 Å². The van der Waals surface area contributed by atoms with E-state index in [0.717, 1.165) is 11.1 Å². The highest BCUT2D eigenvalue weighted by Crippen LogP contribution is 2.39. The van der Waals surface area contributed by atoms with E-state index in [0.29, 0.717) is 28.6 Å². The molecule has 0 spiro atoms. The number of amides is 2. The molecule has 1 heterocycles. The first-order valence-corrected chi connectivity index (χ1v) is 10.7. The molecular formula is C23H18ClFN2O2S. The smallest absolute Gasteiger partial charge is 0.255 e. The van der Waals surface area contributed by atoms with Crippen LogP contribution in [0.25, 0.3) is 0 Å². The van der Waals surface area contributed by atoms with Crippen LogP contribution in [-0.4, -0.2) is 22.5 Å². The zero-order chi connectivity index (χ0) is 21.1. The summed E-state index contributed by atoms with van der Waals surface area (Å²) in [5, 5.41) is 3.22. The second kappa shape index (κ2) is 8.90. The van der Waals surface area contributed by atoms with E-state index in [1.165, 1.54) is 18.2 Å². The number of nitrogens with zero attached hydrogens (tertiary/aromatic N) is 1. The summed E-state index contributed by atoms with van der Waals surface area (Å²) in [6.07, 6.45) is 0. The lowest BCUT2D eigenvalue weighted by Crippen LogP contribution is -2.27. The Bertz CT molecular complexity index is 1070. The standard InChI is InChI=1S/C23H18ClFN2O2S/c24-18-10-4-15(5-11-18)13-27-21(28)14-30-23(27)17-8-6-16(7-9-17)22(29)26-20-3-1-2-19(25)12-20/h1-12,23H,13-14H2,(H,26,29)/t23-/m0/s1. The number of rotatable bonds is 5. The molecule has 1 N–H and O–H groups in total. The molecule has 1 aliphatic rings. The van der Waals surface area contributed by atoms with Gasteiger partial charge in [0.1, 0.15) is 11.2 Å². The molecule has 1 atom stereocenters. The number of nitrogens with one attached hydrogen (secondary N) is 1. The Labute approximate surface area is 183 Å². The molecule has 0 radical (unpaired) electrons. The first kappa shape index (κ1) is 20.4. The van der Waals surface area contributed by atoms with Crippen molar-refractivity contribution in [1.29, 1.82) is 0 Å². The Balaban J connectivity index is 1.47. The number of hydrogen-bond acceptors (Lipinski definition) is 3. The Morgan fingerprint density at radius 2 is 1.83 bits per heavy atom. The molecule has 0 bridgehead atoms. The molecule has 0 aliphatic carbocycles. The fourth-order valence-electron chi connectivity index (χ4n) is 3.26. The van der Waals surface area contributed by atoms with E-state index in [9.17, 15) is 14.0 Å². The highest BCUT2D eigenvalue weighted by atomic mass is 35.5. The predicted octanol–water partition coefficient (Wildman–Crippen LogP) is 5.51. The van der Waals surface area contributed by atoms with Crippen LogP contribution in [0.2, 0.25) is 5.02 Å². The van der Waals surface area contributed by atoms with Crippen LogP contribution < -0.4 is 5.32 Å². The Morgan fingerprint density at radius 1 is 1.10 bits per heavy atom. The number of thioether (sulfide) groups is 1. The topological polar surface area (TPSA) is 49.4 Å². The van der Waals surface area contributed by atoms with E-state index in [1.54, 1.807) is 30.0 Å². The van der Waals surface area contributed by atoms with Crippen LogP contribution in [0, 0.1) is 5.82 Å². The van der Waals surface area contributed by atoms with Gasteiger partial charge < -0.3 is 10.2 Å². The maximum Gasteiger partial charge on any atom is 0.255 e. The molecule has 4 rings (SSSR count). The van der Waals surface area contributed by atoms with Gasteiger partial charge >= 0.3 is 0 Å². The molecule has 0 saturated carbocycles. The van der Waals surface area contributed by atoms with Crippen molar-refractivity contribution in [3.63, 3.8) is 0 Å². The number of halogens is 2. The van der Waals surface area contributed by atoms with Gasteiger partial charge in [0.05, 0.1) is 5.75 Å². The Hall–Kier alpha value is -2.83. The minimum Gasteiger partial charge on any atom is -0.322 e. The van der Waals surface area contributed by atoms with Crippen molar-refractivity contribution < 1.29 is 14.0 Å². The average Bonchev–Trinajstić information content (AvgIpc) is 3.10. The van der Waals surface area contributed by atoms with Crippen molar-refractivity contribution in [1.82, 2.24) is 4.90 Å². The van der Waals surface area contributed by atoms with Gasteiger partial charge in [-0.2, -0.15) is 0 Å². The highest BCUT2D eigenvalue weighted by Gasteiger charge is 2.32. The second-order valence-electron chi connectivity index (χ2n) is 6.90. The van der Waals surface area contributed by atoms with Gasteiger partial charge in [0, 0.05) is 22.8 Å². The number of carbonyl (C=O) groups excluding carboxylic acids is 2. The van der Waals surface area contributed by atoms with Crippen LogP contribution >= 0.6 is 23.4 Å². The van der Waals surface area contributed by atoms with E-state index < -0.39 is 5.82 Å². The molecule has 4 nitrogen and oxygen atoms in total. The molecule has 7 heteroatoms. The summed E-state index contributed by atoms with van der Waals surface area (Å²) in [6, 6.07) is 20.3. The summed E-state index contributed by atoms with van der Waals surface area (Å²) >= 11 is 7.51. The molecule has 152 valence electrons. The lowest BCUT2D eigenvalue weighted by atomic mass is 10.1. The van der Waals surface area contributed by atoms with Gasteiger partial charge in [-0.05, 0) is 53.6 Å². The number of carbonyl (C=O) groups is 2. The molecule has 0 aromatic heterocycles. The van der Waals surface area contributed by atoms with Crippen LogP contribution in [0.4, 0.5) is 10.1 Å².